The number of nitrogens with one attached hydrogen (secondary N) is 1. The number of rotatable bonds is 5. The fraction of sp³-hybridized carbons (Fsp3) is 0.278. The molecule has 0 saturated heterocycles. The zero-order valence-corrected chi connectivity index (χ0v) is 14.5. The van der Waals surface area contributed by atoms with Crippen LogP contribution in [0, 0.1) is 17.0 Å². The minimum Gasteiger partial charge on any atom is -0.380 e. The predicted molar refractivity (Wildman–Crippen MR) is 92.2 cm³/mol. The van der Waals surface area contributed by atoms with Crippen LogP contribution in [0.2, 0.25) is 0 Å². The largest absolute Gasteiger partial charge is 0.423 e. The molecule has 144 valence electrons. The van der Waals surface area contributed by atoms with Gasteiger partial charge in [0.2, 0.25) is 0 Å². The molecule has 2 N–H and O–H groups in total. The number of benzene rings is 2. The van der Waals surface area contributed by atoms with Crippen molar-refractivity contribution in [1.29, 1.82) is 0 Å². The zero-order chi connectivity index (χ0) is 20.4. The second kappa shape index (κ2) is 7.36. The lowest BCUT2D eigenvalue weighted by Gasteiger charge is -2.23. The molecule has 1 atom stereocenters. The van der Waals surface area contributed by atoms with E-state index in [-0.39, 0.29) is 12.1 Å². The Morgan fingerprint density at radius 1 is 1.19 bits per heavy atom. The highest BCUT2D eigenvalue weighted by Gasteiger charge is 2.39. The number of nitro benzene ring substituents is 1. The Labute approximate surface area is 152 Å². The van der Waals surface area contributed by atoms with Gasteiger partial charge in [0.15, 0.2) is 0 Å². The smallest absolute Gasteiger partial charge is 0.380 e. The molecule has 0 aliphatic rings. The summed E-state index contributed by atoms with van der Waals surface area (Å²) in [6.07, 6.45) is -5.02. The van der Waals surface area contributed by atoms with Crippen molar-refractivity contribution in [1.82, 2.24) is 0 Å². The summed E-state index contributed by atoms with van der Waals surface area (Å²) < 4.78 is 39.0. The van der Waals surface area contributed by atoms with Crippen molar-refractivity contribution >= 4 is 17.3 Å². The van der Waals surface area contributed by atoms with E-state index in [9.17, 15) is 33.2 Å². The normalized spacial score (nSPS) is 13.7. The van der Waals surface area contributed by atoms with Gasteiger partial charge in [-0.1, -0.05) is 29.8 Å². The van der Waals surface area contributed by atoms with Crippen molar-refractivity contribution in [2.24, 2.45) is 0 Å². The Kier molecular flexibility index (Phi) is 5.55. The molecule has 1 unspecified atom stereocenters. The number of hydrogen-bond acceptors (Lipinski definition) is 4. The predicted octanol–water partition coefficient (Wildman–Crippen LogP) is 3.85. The number of carbonyl (C=O) groups excluding carboxylic acids is 1. The molecule has 0 radical (unpaired) electrons. The van der Waals surface area contributed by atoms with Gasteiger partial charge in [-0.3, -0.25) is 14.9 Å². The van der Waals surface area contributed by atoms with Crippen LogP contribution >= 0.6 is 0 Å². The van der Waals surface area contributed by atoms with Crippen molar-refractivity contribution < 1.29 is 28.0 Å². The van der Waals surface area contributed by atoms with E-state index in [4.69, 9.17) is 0 Å². The number of amides is 1. The van der Waals surface area contributed by atoms with Gasteiger partial charge in [-0.05, 0) is 31.5 Å². The lowest BCUT2D eigenvalue weighted by molar-refractivity contribution is -0.388. The molecule has 1 amide bonds. The molecule has 2 aromatic carbocycles. The van der Waals surface area contributed by atoms with Gasteiger partial charge in [0.1, 0.15) is 11.2 Å². The molecule has 2 aromatic rings. The maximum atomic E-state index is 13.0. The molecule has 9 heteroatoms. The van der Waals surface area contributed by atoms with Gasteiger partial charge < -0.3 is 10.4 Å². The first-order chi connectivity index (χ1) is 12.4. The molecule has 0 spiro atoms. The van der Waals surface area contributed by atoms with E-state index >= 15 is 0 Å². The second-order valence-electron chi connectivity index (χ2n) is 6.38. The van der Waals surface area contributed by atoms with E-state index in [1.54, 1.807) is 24.3 Å². The molecule has 0 heterocycles. The van der Waals surface area contributed by atoms with Crippen LogP contribution < -0.4 is 5.32 Å². The summed E-state index contributed by atoms with van der Waals surface area (Å²) in [5.41, 5.74) is -3.14. The van der Waals surface area contributed by atoms with E-state index in [1.807, 2.05) is 6.92 Å². The third-order valence-corrected chi connectivity index (χ3v) is 3.91. The SMILES string of the molecule is Cc1ccc(CC(C)(O)C(=O)Nc2ccc([N+](=O)[O-])c(C(F)(F)F)c2)cc1. The number of nitrogens with zero attached hydrogens (tertiary/aromatic N) is 1. The molecule has 0 aliphatic carbocycles. The van der Waals surface area contributed by atoms with Crippen molar-refractivity contribution in [2.45, 2.75) is 32.0 Å². The van der Waals surface area contributed by atoms with Gasteiger partial charge in [0, 0.05) is 18.2 Å². The Morgan fingerprint density at radius 2 is 1.78 bits per heavy atom. The first-order valence-corrected chi connectivity index (χ1v) is 7.85. The van der Waals surface area contributed by atoms with Gasteiger partial charge in [-0.25, -0.2) is 0 Å². The summed E-state index contributed by atoms with van der Waals surface area (Å²) in [6.45, 7) is 3.11. The highest BCUT2D eigenvalue weighted by Crippen LogP contribution is 2.37. The molecule has 0 aliphatic heterocycles. The first-order valence-electron chi connectivity index (χ1n) is 7.85. The highest BCUT2D eigenvalue weighted by molar-refractivity contribution is 5.97. The lowest BCUT2D eigenvalue weighted by atomic mass is 9.95. The third kappa shape index (κ3) is 5.04. The fourth-order valence-corrected chi connectivity index (χ4v) is 2.45. The molecule has 2 rings (SSSR count). The Balaban J connectivity index is 2.23. The summed E-state index contributed by atoms with van der Waals surface area (Å²) in [6, 6.07) is 9.16. The number of hydrogen-bond donors (Lipinski definition) is 2. The summed E-state index contributed by atoms with van der Waals surface area (Å²) in [4.78, 5) is 21.9. The summed E-state index contributed by atoms with van der Waals surface area (Å²) >= 11 is 0. The first kappa shape index (κ1) is 20.4. The molecule has 0 saturated carbocycles. The third-order valence-electron chi connectivity index (χ3n) is 3.91. The van der Waals surface area contributed by atoms with Crippen LogP contribution in [-0.2, 0) is 17.4 Å². The summed E-state index contributed by atoms with van der Waals surface area (Å²) in [7, 11) is 0. The molecular formula is C18H17F3N2O4. The van der Waals surface area contributed by atoms with Gasteiger partial charge in [0.05, 0.1) is 4.92 Å². The number of aryl methyl sites for hydroxylation is 1. The Morgan fingerprint density at radius 3 is 2.30 bits per heavy atom. The lowest BCUT2D eigenvalue weighted by Crippen LogP contribution is -2.42. The van der Waals surface area contributed by atoms with E-state index in [0.717, 1.165) is 11.6 Å². The number of aliphatic hydroxyl groups is 1. The molecule has 27 heavy (non-hydrogen) atoms. The molecule has 0 aromatic heterocycles. The fourth-order valence-electron chi connectivity index (χ4n) is 2.45. The number of carbonyl (C=O) groups is 1. The maximum absolute atomic E-state index is 13.0. The van der Waals surface area contributed by atoms with Crippen LogP contribution in [0.25, 0.3) is 0 Å². The Bertz CT molecular complexity index is 862. The van der Waals surface area contributed by atoms with Crippen molar-refractivity contribution in [3.05, 3.63) is 69.3 Å². The average molecular weight is 382 g/mol. The van der Waals surface area contributed by atoms with Crippen LogP contribution in [-0.4, -0.2) is 21.5 Å². The summed E-state index contributed by atoms with van der Waals surface area (Å²) in [5, 5.41) is 23.3. The van der Waals surface area contributed by atoms with Crippen molar-refractivity contribution in [2.75, 3.05) is 5.32 Å². The Hall–Kier alpha value is -2.94. The maximum Gasteiger partial charge on any atom is 0.423 e. The van der Waals surface area contributed by atoms with E-state index in [1.165, 1.54) is 6.92 Å². The molecule has 0 fully saturated rings. The van der Waals surface area contributed by atoms with Crippen LogP contribution in [0.1, 0.15) is 23.6 Å². The van der Waals surface area contributed by atoms with Gasteiger partial charge in [-0.2, -0.15) is 13.2 Å². The topological polar surface area (TPSA) is 92.5 Å². The van der Waals surface area contributed by atoms with Crippen LogP contribution in [0.3, 0.4) is 0 Å². The standard InChI is InChI=1S/C18H17F3N2O4/c1-11-3-5-12(6-4-11)10-17(2,25)16(24)22-13-7-8-15(23(26)27)14(9-13)18(19,20)21/h3-9,25H,10H2,1-2H3,(H,22,24). The number of alkyl halides is 3. The molecule has 6 nitrogen and oxygen atoms in total. The quantitative estimate of drug-likeness (QED) is 0.607. The second-order valence-corrected chi connectivity index (χ2v) is 6.38. The zero-order valence-electron chi connectivity index (χ0n) is 14.5. The van der Waals surface area contributed by atoms with Gasteiger partial charge >= 0.3 is 6.18 Å². The minimum absolute atomic E-state index is 0.0573. The number of anilines is 1. The van der Waals surface area contributed by atoms with E-state index < -0.39 is 33.9 Å². The van der Waals surface area contributed by atoms with Gasteiger partial charge in [0.25, 0.3) is 11.6 Å². The molecular weight excluding hydrogens is 365 g/mol. The van der Waals surface area contributed by atoms with Gasteiger partial charge in [-0.15, -0.1) is 0 Å². The van der Waals surface area contributed by atoms with Crippen LogP contribution in [0.5, 0.6) is 0 Å². The summed E-state index contributed by atoms with van der Waals surface area (Å²) in [5.74, 6) is -0.926. The minimum atomic E-state index is -4.96. The highest BCUT2D eigenvalue weighted by atomic mass is 19.4. The number of nitro groups is 1. The monoisotopic (exact) mass is 382 g/mol. The van der Waals surface area contributed by atoms with Crippen LogP contribution in [0.15, 0.2) is 42.5 Å². The van der Waals surface area contributed by atoms with Crippen molar-refractivity contribution in [3.63, 3.8) is 0 Å². The number of halogens is 3. The van der Waals surface area contributed by atoms with E-state index in [0.29, 0.717) is 17.7 Å². The van der Waals surface area contributed by atoms with E-state index in [2.05, 4.69) is 5.32 Å². The van der Waals surface area contributed by atoms with Crippen LogP contribution in [0.4, 0.5) is 24.5 Å². The molecule has 0 bridgehead atoms. The van der Waals surface area contributed by atoms with Crippen molar-refractivity contribution in [3.8, 4) is 0 Å². The average Bonchev–Trinajstić information content (AvgIpc) is 2.55.